The van der Waals surface area contributed by atoms with Gasteiger partial charge in [-0.25, -0.2) is 0 Å². The summed E-state index contributed by atoms with van der Waals surface area (Å²) in [7, 11) is 0. The van der Waals surface area contributed by atoms with Crippen molar-refractivity contribution in [3.05, 3.63) is 0 Å². The summed E-state index contributed by atoms with van der Waals surface area (Å²) < 4.78 is 0. The van der Waals surface area contributed by atoms with Crippen LogP contribution in [0.25, 0.3) is 0 Å². The van der Waals surface area contributed by atoms with Crippen molar-refractivity contribution in [2.45, 2.75) is 38.6 Å². The highest BCUT2D eigenvalue weighted by Gasteiger charge is 2.34. The van der Waals surface area contributed by atoms with Gasteiger partial charge in [0.2, 0.25) is 5.91 Å². The third-order valence-electron chi connectivity index (χ3n) is 3.21. The van der Waals surface area contributed by atoms with Crippen molar-refractivity contribution in [2.75, 3.05) is 6.61 Å². The molecule has 0 aromatic heterocycles. The number of carboxylic acids is 1. The number of carbonyl (C=O) groups excluding carboxylic acids is 1. The molecule has 0 aliphatic heterocycles. The molecule has 5 nitrogen and oxygen atoms in total. The Bertz CT molecular complexity index is 263. The lowest BCUT2D eigenvalue weighted by atomic mass is 10.0. The van der Waals surface area contributed by atoms with E-state index in [0.29, 0.717) is 25.7 Å². The van der Waals surface area contributed by atoms with E-state index in [1.807, 2.05) is 6.92 Å². The minimum absolute atomic E-state index is 0.0721. The van der Waals surface area contributed by atoms with Gasteiger partial charge in [-0.2, -0.15) is 0 Å². The van der Waals surface area contributed by atoms with E-state index in [4.69, 9.17) is 10.2 Å². The van der Waals surface area contributed by atoms with Gasteiger partial charge in [-0.15, -0.1) is 0 Å². The molecule has 92 valence electrons. The molecule has 0 bridgehead atoms. The van der Waals surface area contributed by atoms with Crippen LogP contribution in [0.3, 0.4) is 0 Å². The largest absolute Gasteiger partial charge is 0.481 e. The molecule has 3 atom stereocenters. The topological polar surface area (TPSA) is 86.6 Å². The van der Waals surface area contributed by atoms with E-state index in [1.165, 1.54) is 0 Å². The van der Waals surface area contributed by atoms with Gasteiger partial charge < -0.3 is 15.5 Å². The molecule has 5 heteroatoms. The molecular weight excluding hydrogens is 210 g/mol. The zero-order chi connectivity index (χ0) is 12.1. The second kappa shape index (κ2) is 5.84. The first-order chi connectivity index (χ1) is 7.58. The van der Waals surface area contributed by atoms with Gasteiger partial charge in [0.15, 0.2) is 0 Å². The van der Waals surface area contributed by atoms with Gasteiger partial charge in [0.05, 0.1) is 18.6 Å². The zero-order valence-corrected chi connectivity index (χ0v) is 9.48. The summed E-state index contributed by atoms with van der Waals surface area (Å²) in [4.78, 5) is 22.5. The third-order valence-corrected chi connectivity index (χ3v) is 3.21. The summed E-state index contributed by atoms with van der Waals surface area (Å²) in [6, 6.07) is -0.212. The van der Waals surface area contributed by atoms with Gasteiger partial charge in [-0.3, -0.25) is 9.59 Å². The number of nitrogens with one attached hydrogen (secondary N) is 1. The number of carboxylic acid groups (broad SMARTS) is 1. The maximum Gasteiger partial charge on any atom is 0.306 e. The van der Waals surface area contributed by atoms with Gasteiger partial charge in [-0.05, 0) is 25.7 Å². The molecule has 1 saturated carbocycles. The molecule has 3 N–H and O–H groups in total. The molecular formula is C11H19NO4. The van der Waals surface area contributed by atoms with Gasteiger partial charge in [0.25, 0.3) is 0 Å². The molecule has 1 fully saturated rings. The Morgan fingerprint density at radius 2 is 2.00 bits per heavy atom. The Labute approximate surface area is 94.8 Å². The predicted octanol–water partition coefficient (Wildman–Crippen LogP) is 0.374. The number of hydrogen-bond donors (Lipinski definition) is 3. The molecule has 16 heavy (non-hydrogen) atoms. The number of hydrogen-bond acceptors (Lipinski definition) is 3. The maximum absolute atomic E-state index is 11.7. The van der Waals surface area contributed by atoms with Crippen LogP contribution in [-0.4, -0.2) is 34.7 Å². The number of aliphatic carboxylic acids is 1. The van der Waals surface area contributed by atoms with E-state index < -0.39 is 5.97 Å². The molecule has 0 radical (unpaired) electrons. The quantitative estimate of drug-likeness (QED) is 0.636. The summed E-state index contributed by atoms with van der Waals surface area (Å²) in [5.74, 6) is -1.53. The average Bonchev–Trinajstić information content (AvgIpc) is 2.74. The second-order valence-electron chi connectivity index (χ2n) is 4.34. The van der Waals surface area contributed by atoms with E-state index in [9.17, 15) is 9.59 Å². The molecule has 0 unspecified atom stereocenters. The van der Waals surface area contributed by atoms with Crippen LogP contribution in [0, 0.1) is 11.8 Å². The fraction of sp³-hybridized carbons (Fsp3) is 0.818. The maximum atomic E-state index is 11.7. The molecule has 1 aliphatic rings. The summed E-state index contributed by atoms with van der Waals surface area (Å²) >= 11 is 0. The minimum Gasteiger partial charge on any atom is -0.481 e. The van der Waals surface area contributed by atoms with Crippen molar-refractivity contribution in [1.82, 2.24) is 5.32 Å². The van der Waals surface area contributed by atoms with Crippen molar-refractivity contribution in [2.24, 2.45) is 11.8 Å². The molecule has 0 saturated heterocycles. The Morgan fingerprint density at radius 3 is 2.44 bits per heavy atom. The van der Waals surface area contributed by atoms with Crippen molar-refractivity contribution in [1.29, 1.82) is 0 Å². The SMILES string of the molecule is CC[C@H](CO)NC(=O)[C@@H]1CC[C@H](C(=O)O)C1. The molecule has 1 amide bonds. The Kier molecular flexibility index (Phi) is 4.73. The average molecular weight is 229 g/mol. The molecule has 0 spiro atoms. The number of aliphatic hydroxyl groups is 1. The van der Waals surface area contributed by atoms with Crippen molar-refractivity contribution >= 4 is 11.9 Å². The molecule has 0 aromatic carbocycles. The van der Waals surface area contributed by atoms with Crippen LogP contribution in [0.4, 0.5) is 0 Å². The number of amides is 1. The van der Waals surface area contributed by atoms with E-state index in [2.05, 4.69) is 5.32 Å². The van der Waals surface area contributed by atoms with E-state index in [1.54, 1.807) is 0 Å². The summed E-state index contributed by atoms with van der Waals surface area (Å²) in [5.41, 5.74) is 0. The Balaban J connectivity index is 2.41. The first kappa shape index (κ1) is 13.0. The zero-order valence-electron chi connectivity index (χ0n) is 9.48. The lowest BCUT2D eigenvalue weighted by Crippen LogP contribution is -2.40. The number of rotatable bonds is 5. The normalized spacial score (nSPS) is 26.4. The Hall–Kier alpha value is -1.10. The molecule has 1 rings (SSSR count). The highest BCUT2D eigenvalue weighted by atomic mass is 16.4. The number of aliphatic hydroxyl groups excluding tert-OH is 1. The molecule has 1 aliphatic carbocycles. The van der Waals surface area contributed by atoms with Crippen LogP contribution in [0.5, 0.6) is 0 Å². The summed E-state index contributed by atoms with van der Waals surface area (Å²) in [6.45, 7) is 1.81. The van der Waals surface area contributed by atoms with E-state index >= 15 is 0 Å². The second-order valence-corrected chi connectivity index (χ2v) is 4.34. The molecule has 0 aromatic rings. The number of carbonyl (C=O) groups is 2. The Morgan fingerprint density at radius 1 is 1.38 bits per heavy atom. The summed E-state index contributed by atoms with van der Waals surface area (Å²) in [5, 5.41) is 20.5. The van der Waals surface area contributed by atoms with Crippen molar-refractivity contribution in [3.8, 4) is 0 Å². The third kappa shape index (κ3) is 3.20. The first-order valence-corrected chi connectivity index (χ1v) is 5.72. The first-order valence-electron chi connectivity index (χ1n) is 5.72. The van der Waals surface area contributed by atoms with Crippen LogP contribution < -0.4 is 5.32 Å². The van der Waals surface area contributed by atoms with Crippen LogP contribution >= 0.6 is 0 Å². The lowest BCUT2D eigenvalue weighted by Gasteiger charge is -2.17. The summed E-state index contributed by atoms with van der Waals surface area (Å²) in [6.07, 6.45) is 2.30. The predicted molar refractivity (Wildman–Crippen MR) is 57.8 cm³/mol. The van der Waals surface area contributed by atoms with Crippen molar-refractivity contribution < 1.29 is 19.8 Å². The standard InChI is InChI=1S/C11H19NO4/c1-2-9(6-13)12-10(14)7-3-4-8(5-7)11(15)16/h7-9,13H,2-6H2,1H3,(H,12,14)(H,15,16)/t7-,8+,9-/m1/s1. The van der Waals surface area contributed by atoms with Gasteiger partial charge in [0, 0.05) is 5.92 Å². The van der Waals surface area contributed by atoms with E-state index in [0.717, 1.165) is 0 Å². The van der Waals surface area contributed by atoms with Gasteiger partial charge in [0.1, 0.15) is 0 Å². The van der Waals surface area contributed by atoms with Crippen molar-refractivity contribution in [3.63, 3.8) is 0 Å². The smallest absolute Gasteiger partial charge is 0.306 e. The fourth-order valence-electron chi connectivity index (χ4n) is 2.04. The van der Waals surface area contributed by atoms with Crippen LogP contribution in [-0.2, 0) is 9.59 Å². The van der Waals surface area contributed by atoms with Crippen LogP contribution in [0.2, 0.25) is 0 Å². The fourth-order valence-corrected chi connectivity index (χ4v) is 2.04. The highest BCUT2D eigenvalue weighted by molar-refractivity contribution is 5.81. The molecule has 0 heterocycles. The van der Waals surface area contributed by atoms with Gasteiger partial charge in [-0.1, -0.05) is 6.92 Å². The van der Waals surface area contributed by atoms with E-state index in [-0.39, 0.29) is 30.4 Å². The van der Waals surface area contributed by atoms with Gasteiger partial charge >= 0.3 is 5.97 Å². The highest BCUT2D eigenvalue weighted by Crippen LogP contribution is 2.31. The minimum atomic E-state index is -0.815. The monoisotopic (exact) mass is 229 g/mol. The lowest BCUT2D eigenvalue weighted by molar-refractivity contribution is -0.141. The van der Waals surface area contributed by atoms with Crippen LogP contribution in [0.1, 0.15) is 32.6 Å². The van der Waals surface area contributed by atoms with Crippen LogP contribution in [0.15, 0.2) is 0 Å².